The van der Waals surface area contributed by atoms with Gasteiger partial charge < -0.3 is 31.9 Å². The third kappa shape index (κ3) is 10.9. The number of carboxylic acids is 2. The first-order valence-corrected chi connectivity index (χ1v) is 12.0. The third-order valence-corrected chi connectivity index (χ3v) is 5.54. The lowest BCUT2D eigenvalue weighted by Gasteiger charge is -2.26. The van der Waals surface area contributed by atoms with E-state index in [2.05, 4.69) is 16.0 Å². The second-order valence-electron chi connectivity index (χ2n) is 9.54. The summed E-state index contributed by atoms with van der Waals surface area (Å²) in [6, 6.07) is 4.41. The van der Waals surface area contributed by atoms with Crippen molar-refractivity contribution in [1.82, 2.24) is 16.0 Å². The summed E-state index contributed by atoms with van der Waals surface area (Å²) in [5, 5.41) is 25.9. The van der Waals surface area contributed by atoms with Crippen LogP contribution in [-0.2, 0) is 30.4 Å². The highest BCUT2D eigenvalue weighted by atomic mass is 16.4. The molecule has 0 saturated heterocycles. The maximum Gasteiger partial charge on any atom is 0.326 e. The molecule has 0 aliphatic rings. The van der Waals surface area contributed by atoms with Crippen molar-refractivity contribution in [1.29, 1.82) is 0 Å². The first-order valence-electron chi connectivity index (χ1n) is 12.0. The fraction of sp³-hybridized carbons (Fsp3) is 0.560. The van der Waals surface area contributed by atoms with Gasteiger partial charge in [-0.1, -0.05) is 58.0 Å². The Balaban J connectivity index is 3.13. The van der Waals surface area contributed by atoms with E-state index >= 15 is 0 Å². The number of nitrogens with one attached hydrogen (secondary N) is 3. The zero-order valence-electron chi connectivity index (χ0n) is 21.2. The van der Waals surface area contributed by atoms with Gasteiger partial charge in [-0.15, -0.1) is 0 Å². The van der Waals surface area contributed by atoms with E-state index in [0.717, 1.165) is 0 Å². The fourth-order valence-electron chi connectivity index (χ4n) is 3.40. The number of carbonyl (C=O) groups is 5. The zero-order valence-corrected chi connectivity index (χ0v) is 21.2. The number of hydrogen-bond acceptors (Lipinski definition) is 6. The summed E-state index contributed by atoms with van der Waals surface area (Å²) in [6.45, 7) is 7.32. The van der Waals surface area contributed by atoms with Gasteiger partial charge in [0, 0.05) is 12.8 Å². The second kappa shape index (κ2) is 14.8. The number of amides is 3. The Labute approximate surface area is 211 Å². The van der Waals surface area contributed by atoms with E-state index in [-0.39, 0.29) is 24.7 Å². The molecule has 0 radical (unpaired) electrons. The number of benzene rings is 1. The molecule has 1 rings (SSSR count). The van der Waals surface area contributed by atoms with E-state index in [0.29, 0.717) is 12.0 Å². The van der Waals surface area contributed by atoms with Crippen LogP contribution in [0.15, 0.2) is 30.3 Å². The van der Waals surface area contributed by atoms with Gasteiger partial charge in [0.05, 0.1) is 6.04 Å². The molecule has 0 bridgehead atoms. The summed E-state index contributed by atoms with van der Waals surface area (Å²) in [7, 11) is 0. The van der Waals surface area contributed by atoms with Gasteiger partial charge in [0.15, 0.2) is 0 Å². The van der Waals surface area contributed by atoms with Crippen molar-refractivity contribution in [3.8, 4) is 0 Å². The predicted octanol–water partition coefficient (Wildman–Crippen LogP) is 0.662. The molecule has 200 valence electrons. The number of hydrogen-bond donors (Lipinski definition) is 6. The van der Waals surface area contributed by atoms with Crippen LogP contribution in [0.1, 0.15) is 52.5 Å². The lowest BCUT2D eigenvalue weighted by Crippen LogP contribution is -2.58. The Morgan fingerprint density at radius 2 is 1.33 bits per heavy atom. The van der Waals surface area contributed by atoms with Crippen molar-refractivity contribution >= 4 is 29.7 Å². The standard InChI is InChI=1S/C25H38N4O7/c1-14(2)12-18(29-24(34)21(26)15(3)4)22(32)28-19(13-16-8-6-5-7-9-16)23(33)27-17(25(35)36)10-11-20(30)31/h5-9,14-15,17-19,21H,10-13,26H2,1-4H3,(H,27,33)(H,28,32)(H,29,34)(H,30,31)(H,35,36). The average molecular weight is 507 g/mol. The van der Waals surface area contributed by atoms with E-state index in [1.807, 2.05) is 13.8 Å². The Hall–Kier alpha value is -3.47. The van der Waals surface area contributed by atoms with Gasteiger partial charge in [-0.05, 0) is 30.2 Å². The molecule has 7 N–H and O–H groups in total. The molecular weight excluding hydrogens is 468 g/mol. The Kier molecular flexibility index (Phi) is 12.6. The lowest BCUT2D eigenvalue weighted by atomic mass is 9.99. The summed E-state index contributed by atoms with van der Waals surface area (Å²) in [4.78, 5) is 61.2. The van der Waals surface area contributed by atoms with Crippen LogP contribution in [-0.4, -0.2) is 64.0 Å². The number of carbonyl (C=O) groups excluding carboxylic acids is 3. The summed E-state index contributed by atoms with van der Waals surface area (Å²) < 4.78 is 0. The molecule has 1 aromatic rings. The maximum atomic E-state index is 13.2. The predicted molar refractivity (Wildman–Crippen MR) is 133 cm³/mol. The maximum absolute atomic E-state index is 13.2. The van der Waals surface area contributed by atoms with Crippen LogP contribution in [0.3, 0.4) is 0 Å². The van der Waals surface area contributed by atoms with E-state index in [4.69, 9.17) is 10.8 Å². The number of nitrogens with two attached hydrogens (primary N) is 1. The first-order chi connectivity index (χ1) is 16.8. The highest BCUT2D eigenvalue weighted by Crippen LogP contribution is 2.10. The smallest absolute Gasteiger partial charge is 0.326 e. The molecule has 36 heavy (non-hydrogen) atoms. The third-order valence-electron chi connectivity index (χ3n) is 5.54. The molecule has 4 atom stereocenters. The lowest BCUT2D eigenvalue weighted by molar-refractivity contribution is -0.143. The Bertz CT molecular complexity index is 905. The Morgan fingerprint density at radius 1 is 0.806 bits per heavy atom. The second-order valence-corrected chi connectivity index (χ2v) is 9.54. The molecule has 0 spiro atoms. The van der Waals surface area contributed by atoms with E-state index in [1.165, 1.54) is 0 Å². The van der Waals surface area contributed by atoms with Gasteiger partial charge in [-0.25, -0.2) is 4.79 Å². The summed E-state index contributed by atoms with van der Waals surface area (Å²) >= 11 is 0. The van der Waals surface area contributed by atoms with E-state index in [1.54, 1.807) is 44.2 Å². The molecule has 0 aliphatic heterocycles. The van der Waals surface area contributed by atoms with Crippen LogP contribution in [0, 0.1) is 11.8 Å². The van der Waals surface area contributed by atoms with E-state index < -0.39 is 60.2 Å². The molecular formula is C25H38N4O7. The molecule has 1 aromatic carbocycles. The molecule has 0 aromatic heterocycles. The van der Waals surface area contributed by atoms with Crippen molar-refractivity contribution in [3.05, 3.63) is 35.9 Å². The van der Waals surface area contributed by atoms with Gasteiger partial charge in [0.2, 0.25) is 17.7 Å². The highest BCUT2D eigenvalue weighted by Gasteiger charge is 2.31. The molecule has 0 heterocycles. The van der Waals surface area contributed by atoms with Crippen molar-refractivity contribution in [2.75, 3.05) is 0 Å². The quantitative estimate of drug-likeness (QED) is 0.200. The number of aliphatic carboxylic acids is 2. The average Bonchev–Trinajstić information content (AvgIpc) is 2.79. The molecule has 0 aliphatic carbocycles. The monoisotopic (exact) mass is 506 g/mol. The van der Waals surface area contributed by atoms with Crippen molar-refractivity contribution in [2.24, 2.45) is 17.6 Å². The Morgan fingerprint density at radius 3 is 1.83 bits per heavy atom. The molecule has 3 amide bonds. The van der Waals surface area contributed by atoms with Crippen molar-refractivity contribution in [2.45, 2.75) is 77.5 Å². The number of carboxylic acid groups (broad SMARTS) is 2. The van der Waals surface area contributed by atoms with Gasteiger partial charge in [0.1, 0.15) is 18.1 Å². The molecule has 0 fully saturated rings. The SMILES string of the molecule is CC(C)CC(NC(=O)C(N)C(C)C)C(=O)NC(Cc1ccccc1)C(=O)NC(CCC(=O)O)C(=O)O. The minimum atomic E-state index is -1.45. The molecule has 4 unspecified atom stereocenters. The van der Waals surface area contributed by atoms with Crippen LogP contribution >= 0.6 is 0 Å². The summed E-state index contributed by atoms with van der Waals surface area (Å²) in [5.41, 5.74) is 6.63. The summed E-state index contributed by atoms with van der Waals surface area (Å²) in [6.07, 6.45) is -0.428. The minimum absolute atomic E-state index is 0.0325. The van der Waals surface area contributed by atoms with Crippen molar-refractivity contribution in [3.63, 3.8) is 0 Å². The summed E-state index contributed by atoms with van der Waals surface area (Å²) in [5.74, 6) is -4.58. The largest absolute Gasteiger partial charge is 0.481 e. The van der Waals surface area contributed by atoms with Crippen LogP contribution in [0.25, 0.3) is 0 Å². The zero-order chi connectivity index (χ0) is 27.4. The van der Waals surface area contributed by atoms with Crippen LogP contribution in [0.5, 0.6) is 0 Å². The normalized spacial score (nSPS) is 14.4. The molecule has 11 nitrogen and oxygen atoms in total. The highest BCUT2D eigenvalue weighted by molar-refractivity contribution is 5.94. The van der Waals surface area contributed by atoms with Crippen LogP contribution in [0.2, 0.25) is 0 Å². The van der Waals surface area contributed by atoms with Gasteiger partial charge in [-0.2, -0.15) is 0 Å². The van der Waals surface area contributed by atoms with Crippen molar-refractivity contribution < 1.29 is 34.2 Å². The molecule has 11 heteroatoms. The molecule has 0 saturated carbocycles. The van der Waals surface area contributed by atoms with Gasteiger partial charge in [0.25, 0.3) is 0 Å². The first kappa shape index (κ1) is 30.6. The topological polar surface area (TPSA) is 188 Å². The van der Waals surface area contributed by atoms with E-state index in [9.17, 15) is 29.1 Å². The fourth-order valence-corrected chi connectivity index (χ4v) is 3.40. The van der Waals surface area contributed by atoms with Gasteiger partial charge in [-0.3, -0.25) is 19.2 Å². The van der Waals surface area contributed by atoms with Crippen LogP contribution < -0.4 is 21.7 Å². The van der Waals surface area contributed by atoms with Gasteiger partial charge >= 0.3 is 11.9 Å². The van der Waals surface area contributed by atoms with Crippen LogP contribution in [0.4, 0.5) is 0 Å². The minimum Gasteiger partial charge on any atom is -0.481 e. The number of rotatable bonds is 15.